The predicted octanol–water partition coefficient (Wildman–Crippen LogP) is 4.30. The standard InChI is InChI=1S/C18H17ClN4O3S/c1-3-25-14-7-4-12(5-8-14)17-22-23-18(26-17)27-11(2)16(24)21-15-9-6-13(19)10-20-15/h4-11H,3H2,1-2H3,(H,20,21,24)/t11-/m1/s1. The van der Waals surface area contributed by atoms with Crippen LogP contribution in [-0.2, 0) is 4.79 Å². The minimum Gasteiger partial charge on any atom is -0.494 e. The number of amides is 1. The summed E-state index contributed by atoms with van der Waals surface area (Å²) in [6, 6.07) is 10.7. The molecule has 2 heterocycles. The second-order valence-corrected chi connectivity index (χ2v) is 7.17. The summed E-state index contributed by atoms with van der Waals surface area (Å²) in [7, 11) is 0. The van der Waals surface area contributed by atoms with Crippen LogP contribution in [0.25, 0.3) is 11.5 Å². The van der Waals surface area contributed by atoms with E-state index in [9.17, 15) is 4.79 Å². The fourth-order valence-corrected chi connectivity index (χ4v) is 2.91. The third kappa shape index (κ3) is 5.21. The van der Waals surface area contributed by atoms with Crippen LogP contribution in [0.4, 0.5) is 5.82 Å². The number of nitrogens with one attached hydrogen (secondary N) is 1. The van der Waals surface area contributed by atoms with E-state index in [-0.39, 0.29) is 5.91 Å². The van der Waals surface area contributed by atoms with Crippen molar-refractivity contribution in [1.82, 2.24) is 15.2 Å². The first kappa shape index (κ1) is 19.2. The van der Waals surface area contributed by atoms with Gasteiger partial charge in [-0.05, 0) is 50.2 Å². The van der Waals surface area contributed by atoms with E-state index >= 15 is 0 Å². The van der Waals surface area contributed by atoms with Crippen molar-refractivity contribution in [2.45, 2.75) is 24.3 Å². The molecule has 9 heteroatoms. The summed E-state index contributed by atoms with van der Waals surface area (Å²) >= 11 is 6.95. The predicted molar refractivity (Wildman–Crippen MR) is 104 cm³/mol. The van der Waals surface area contributed by atoms with Crippen molar-refractivity contribution in [3.63, 3.8) is 0 Å². The lowest BCUT2D eigenvalue weighted by Crippen LogP contribution is -2.22. The van der Waals surface area contributed by atoms with Crippen molar-refractivity contribution in [3.05, 3.63) is 47.6 Å². The van der Waals surface area contributed by atoms with Gasteiger partial charge in [0.15, 0.2) is 0 Å². The maximum atomic E-state index is 12.3. The number of benzene rings is 1. The lowest BCUT2D eigenvalue weighted by molar-refractivity contribution is -0.115. The van der Waals surface area contributed by atoms with E-state index in [1.54, 1.807) is 19.1 Å². The van der Waals surface area contributed by atoms with Gasteiger partial charge in [0.05, 0.1) is 16.9 Å². The van der Waals surface area contributed by atoms with Crippen molar-refractivity contribution >= 4 is 35.1 Å². The van der Waals surface area contributed by atoms with Crippen LogP contribution in [0.15, 0.2) is 52.2 Å². The van der Waals surface area contributed by atoms with Crippen molar-refractivity contribution in [1.29, 1.82) is 0 Å². The van der Waals surface area contributed by atoms with E-state index in [1.807, 2.05) is 31.2 Å². The molecule has 0 spiro atoms. The van der Waals surface area contributed by atoms with Crippen LogP contribution in [0.5, 0.6) is 5.75 Å². The Morgan fingerprint density at radius 2 is 2.04 bits per heavy atom. The topological polar surface area (TPSA) is 90.1 Å². The summed E-state index contributed by atoms with van der Waals surface area (Å²) in [4.78, 5) is 16.3. The van der Waals surface area contributed by atoms with Crippen LogP contribution in [0, 0.1) is 0 Å². The number of rotatable bonds is 7. The number of halogens is 1. The Morgan fingerprint density at radius 3 is 2.70 bits per heavy atom. The molecule has 1 aromatic carbocycles. The first-order chi connectivity index (χ1) is 13.0. The van der Waals surface area contributed by atoms with Gasteiger partial charge in [-0.2, -0.15) is 0 Å². The van der Waals surface area contributed by atoms with Gasteiger partial charge in [-0.15, -0.1) is 10.2 Å². The van der Waals surface area contributed by atoms with E-state index in [4.69, 9.17) is 20.8 Å². The highest BCUT2D eigenvalue weighted by molar-refractivity contribution is 8.00. The maximum absolute atomic E-state index is 12.3. The quantitative estimate of drug-likeness (QED) is 0.587. The third-order valence-electron chi connectivity index (χ3n) is 3.44. The Bertz CT molecular complexity index is 900. The van der Waals surface area contributed by atoms with E-state index in [0.29, 0.717) is 28.6 Å². The van der Waals surface area contributed by atoms with E-state index in [2.05, 4.69) is 20.5 Å². The summed E-state index contributed by atoms with van der Waals surface area (Å²) < 4.78 is 11.1. The average molecular weight is 405 g/mol. The van der Waals surface area contributed by atoms with Crippen LogP contribution in [0.2, 0.25) is 5.02 Å². The van der Waals surface area contributed by atoms with E-state index in [0.717, 1.165) is 11.3 Å². The molecule has 2 aromatic heterocycles. The van der Waals surface area contributed by atoms with Gasteiger partial charge < -0.3 is 14.5 Å². The fraction of sp³-hybridized carbons (Fsp3) is 0.222. The van der Waals surface area contributed by atoms with Crippen LogP contribution >= 0.6 is 23.4 Å². The molecule has 0 aliphatic heterocycles. The molecule has 3 rings (SSSR count). The Kier molecular flexibility index (Phi) is 6.31. The molecule has 0 bridgehead atoms. The van der Waals surface area contributed by atoms with Crippen LogP contribution in [0.1, 0.15) is 13.8 Å². The van der Waals surface area contributed by atoms with Crippen molar-refractivity contribution in [2.75, 3.05) is 11.9 Å². The second kappa shape index (κ2) is 8.88. The molecule has 0 unspecified atom stereocenters. The van der Waals surface area contributed by atoms with Gasteiger partial charge in [-0.25, -0.2) is 4.98 Å². The number of hydrogen-bond donors (Lipinski definition) is 1. The monoisotopic (exact) mass is 404 g/mol. The van der Waals surface area contributed by atoms with Crippen molar-refractivity contribution in [2.24, 2.45) is 0 Å². The number of anilines is 1. The zero-order valence-electron chi connectivity index (χ0n) is 14.7. The summed E-state index contributed by atoms with van der Waals surface area (Å²) in [6.07, 6.45) is 1.47. The molecule has 3 aromatic rings. The first-order valence-corrected chi connectivity index (χ1v) is 9.46. The average Bonchev–Trinajstić information content (AvgIpc) is 3.13. The number of carbonyl (C=O) groups excluding carboxylic acids is 1. The van der Waals surface area contributed by atoms with Gasteiger partial charge in [0.1, 0.15) is 11.6 Å². The highest BCUT2D eigenvalue weighted by atomic mass is 35.5. The van der Waals surface area contributed by atoms with Crippen LogP contribution in [-0.4, -0.2) is 32.9 Å². The van der Waals surface area contributed by atoms with Crippen LogP contribution < -0.4 is 10.1 Å². The Balaban J connectivity index is 1.60. The molecule has 1 atom stereocenters. The minimum absolute atomic E-state index is 0.226. The molecular formula is C18H17ClN4O3S. The zero-order chi connectivity index (χ0) is 19.2. The number of pyridine rings is 1. The highest BCUT2D eigenvalue weighted by Crippen LogP contribution is 2.27. The van der Waals surface area contributed by atoms with Gasteiger partial charge in [0.25, 0.3) is 5.22 Å². The largest absolute Gasteiger partial charge is 0.494 e. The van der Waals surface area contributed by atoms with Crippen molar-refractivity contribution in [3.8, 4) is 17.2 Å². The molecule has 0 aliphatic rings. The third-order valence-corrected chi connectivity index (χ3v) is 4.60. The maximum Gasteiger partial charge on any atom is 0.277 e. The normalized spacial score (nSPS) is 11.8. The molecule has 1 N–H and O–H groups in total. The SMILES string of the molecule is CCOc1ccc(-c2nnc(S[C@H](C)C(=O)Nc3ccc(Cl)cn3)o2)cc1. The minimum atomic E-state index is -0.448. The summed E-state index contributed by atoms with van der Waals surface area (Å²) in [5, 5.41) is 11.1. The summed E-state index contributed by atoms with van der Waals surface area (Å²) in [5.74, 6) is 1.36. The number of carbonyl (C=O) groups is 1. The summed E-state index contributed by atoms with van der Waals surface area (Å²) in [5.41, 5.74) is 0.778. The molecule has 1 amide bonds. The smallest absolute Gasteiger partial charge is 0.277 e. The van der Waals surface area contributed by atoms with Crippen LogP contribution in [0.3, 0.4) is 0 Å². The van der Waals surface area contributed by atoms with Gasteiger partial charge in [-0.1, -0.05) is 23.4 Å². The number of aromatic nitrogens is 3. The van der Waals surface area contributed by atoms with Gasteiger partial charge in [0.2, 0.25) is 11.8 Å². The Labute approximate surface area is 165 Å². The molecule has 0 fully saturated rings. The van der Waals surface area contributed by atoms with Gasteiger partial charge >= 0.3 is 0 Å². The second-order valence-electron chi connectivity index (χ2n) is 5.44. The van der Waals surface area contributed by atoms with Crippen molar-refractivity contribution < 1.29 is 13.9 Å². The number of ether oxygens (including phenoxy) is 1. The molecule has 0 saturated carbocycles. The Morgan fingerprint density at radius 1 is 1.26 bits per heavy atom. The molecule has 27 heavy (non-hydrogen) atoms. The highest BCUT2D eigenvalue weighted by Gasteiger charge is 2.19. The lowest BCUT2D eigenvalue weighted by Gasteiger charge is -2.09. The molecule has 140 valence electrons. The lowest BCUT2D eigenvalue weighted by atomic mass is 10.2. The molecule has 7 nitrogen and oxygen atoms in total. The molecule has 0 radical (unpaired) electrons. The molecule has 0 saturated heterocycles. The Hall–Kier alpha value is -2.58. The number of nitrogens with zero attached hydrogens (tertiary/aromatic N) is 3. The van der Waals surface area contributed by atoms with E-state index in [1.165, 1.54) is 18.0 Å². The van der Waals surface area contributed by atoms with E-state index < -0.39 is 5.25 Å². The number of thioether (sulfide) groups is 1. The van der Waals surface area contributed by atoms with Gasteiger partial charge in [-0.3, -0.25) is 4.79 Å². The van der Waals surface area contributed by atoms with Gasteiger partial charge in [0, 0.05) is 11.8 Å². The summed E-state index contributed by atoms with van der Waals surface area (Å²) in [6.45, 7) is 4.28. The first-order valence-electron chi connectivity index (χ1n) is 8.21. The number of hydrogen-bond acceptors (Lipinski definition) is 7. The zero-order valence-corrected chi connectivity index (χ0v) is 16.3. The molecule has 0 aliphatic carbocycles. The molecular weight excluding hydrogens is 388 g/mol. The fourth-order valence-electron chi connectivity index (χ4n) is 2.12.